The molecule has 2 fully saturated rings. The molecule has 5 heteroatoms. The molecule has 1 aliphatic carbocycles. The highest BCUT2D eigenvalue weighted by Crippen LogP contribution is 2.44. The van der Waals surface area contributed by atoms with E-state index in [1.54, 1.807) is 0 Å². The molecule has 1 aliphatic heterocycles. The zero-order valence-corrected chi connectivity index (χ0v) is 12.0. The summed E-state index contributed by atoms with van der Waals surface area (Å²) in [5.74, 6) is 0. The third kappa shape index (κ3) is 4.08. The lowest BCUT2D eigenvalue weighted by Crippen LogP contribution is -2.49. The van der Waals surface area contributed by atoms with E-state index in [1.165, 1.54) is 19.3 Å². The Balaban J connectivity index is 1.65. The van der Waals surface area contributed by atoms with Crippen molar-refractivity contribution in [3.05, 3.63) is 0 Å². The molecule has 3 N–H and O–H groups in total. The minimum atomic E-state index is -0.0960. The molecule has 110 valence electrons. The number of urea groups is 1. The monoisotopic (exact) mass is 269 g/mol. The van der Waals surface area contributed by atoms with Gasteiger partial charge in [0.2, 0.25) is 0 Å². The lowest BCUT2D eigenvalue weighted by Gasteiger charge is -2.34. The van der Waals surface area contributed by atoms with Crippen LogP contribution in [0.4, 0.5) is 4.79 Å². The van der Waals surface area contributed by atoms with Crippen LogP contribution in [0.1, 0.15) is 39.0 Å². The van der Waals surface area contributed by atoms with Gasteiger partial charge in [-0.15, -0.1) is 0 Å². The van der Waals surface area contributed by atoms with Crippen LogP contribution in [-0.2, 0) is 0 Å². The molecule has 0 aromatic carbocycles. The molecule has 2 amide bonds. The lowest BCUT2D eigenvalue weighted by molar-refractivity contribution is 0.153. The van der Waals surface area contributed by atoms with E-state index < -0.39 is 0 Å². The zero-order valence-electron chi connectivity index (χ0n) is 12.0. The third-order valence-electron chi connectivity index (χ3n) is 4.57. The summed E-state index contributed by atoms with van der Waals surface area (Å²) in [6.07, 6.45) is 5.76. The van der Waals surface area contributed by atoms with Crippen LogP contribution in [0.5, 0.6) is 0 Å². The van der Waals surface area contributed by atoms with Crippen molar-refractivity contribution in [2.24, 2.45) is 5.41 Å². The highest BCUT2D eigenvalue weighted by molar-refractivity contribution is 5.73. The molecular formula is C14H27N3O2. The predicted octanol–water partition coefficient (Wildman–Crippen LogP) is 0.933. The van der Waals surface area contributed by atoms with Crippen molar-refractivity contribution in [3.63, 3.8) is 0 Å². The number of aliphatic hydroxyl groups excluding tert-OH is 1. The average Bonchev–Trinajstić information content (AvgIpc) is 3.24. The first-order valence-corrected chi connectivity index (χ1v) is 7.56. The van der Waals surface area contributed by atoms with E-state index in [0.29, 0.717) is 12.6 Å². The molecule has 5 nitrogen and oxygen atoms in total. The maximum atomic E-state index is 11.7. The number of likely N-dealkylation sites (N-methyl/N-ethyl adjacent to an activating group) is 1. The number of rotatable bonds is 6. The van der Waals surface area contributed by atoms with Crippen LogP contribution in [0.2, 0.25) is 0 Å². The van der Waals surface area contributed by atoms with Crippen LogP contribution in [-0.4, -0.2) is 54.9 Å². The van der Waals surface area contributed by atoms with Crippen molar-refractivity contribution < 1.29 is 9.90 Å². The molecule has 1 heterocycles. The van der Waals surface area contributed by atoms with Crippen molar-refractivity contribution in [3.8, 4) is 0 Å². The van der Waals surface area contributed by atoms with Crippen LogP contribution in [0.25, 0.3) is 0 Å². The van der Waals surface area contributed by atoms with E-state index >= 15 is 0 Å². The molecule has 0 spiro atoms. The average molecular weight is 269 g/mol. The number of nitrogens with zero attached hydrogens (tertiary/aromatic N) is 1. The van der Waals surface area contributed by atoms with E-state index in [0.717, 1.165) is 32.5 Å². The minimum Gasteiger partial charge on any atom is -0.396 e. The van der Waals surface area contributed by atoms with Gasteiger partial charge in [-0.2, -0.15) is 0 Å². The normalized spacial score (nSPS) is 25.9. The highest BCUT2D eigenvalue weighted by atomic mass is 16.3. The third-order valence-corrected chi connectivity index (χ3v) is 4.57. The molecule has 2 aliphatic rings. The Morgan fingerprint density at radius 3 is 2.79 bits per heavy atom. The molecule has 1 atom stereocenters. The number of piperidine rings is 1. The molecule has 1 unspecified atom stereocenters. The van der Waals surface area contributed by atoms with Gasteiger partial charge in [0, 0.05) is 24.5 Å². The number of carbonyl (C=O) groups excluding carboxylic acids is 1. The zero-order chi connectivity index (χ0) is 13.7. The van der Waals surface area contributed by atoms with Gasteiger partial charge in [-0.05, 0) is 38.8 Å². The van der Waals surface area contributed by atoms with Gasteiger partial charge < -0.3 is 15.7 Å². The number of hydrogen-bond acceptors (Lipinski definition) is 3. The Labute approximate surface area is 115 Å². The summed E-state index contributed by atoms with van der Waals surface area (Å²) < 4.78 is 0. The Kier molecular flexibility index (Phi) is 5.05. The Morgan fingerprint density at radius 2 is 2.16 bits per heavy atom. The number of nitrogens with one attached hydrogen (secondary N) is 2. The smallest absolute Gasteiger partial charge is 0.314 e. The molecule has 0 aromatic heterocycles. The molecule has 1 saturated carbocycles. The van der Waals surface area contributed by atoms with E-state index in [4.69, 9.17) is 0 Å². The second-order valence-corrected chi connectivity index (χ2v) is 6.00. The van der Waals surface area contributed by atoms with E-state index in [2.05, 4.69) is 22.5 Å². The molecule has 0 radical (unpaired) electrons. The molecule has 0 bridgehead atoms. The summed E-state index contributed by atoms with van der Waals surface area (Å²) in [6, 6.07) is 0.388. The predicted molar refractivity (Wildman–Crippen MR) is 75.0 cm³/mol. The number of carbonyl (C=O) groups is 1. The second kappa shape index (κ2) is 6.57. The fourth-order valence-electron chi connectivity index (χ4n) is 2.82. The van der Waals surface area contributed by atoms with Crippen LogP contribution < -0.4 is 10.6 Å². The Hall–Kier alpha value is -0.810. The first-order valence-electron chi connectivity index (χ1n) is 7.56. The van der Waals surface area contributed by atoms with E-state index in [9.17, 15) is 9.90 Å². The van der Waals surface area contributed by atoms with Gasteiger partial charge in [-0.3, -0.25) is 4.90 Å². The second-order valence-electron chi connectivity index (χ2n) is 6.00. The van der Waals surface area contributed by atoms with Crippen LogP contribution in [0.3, 0.4) is 0 Å². The van der Waals surface area contributed by atoms with Crippen molar-refractivity contribution in [2.45, 2.75) is 45.1 Å². The fraction of sp³-hybridized carbons (Fsp3) is 0.929. The van der Waals surface area contributed by atoms with E-state index in [-0.39, 0.29) is 18.1 Å². The van der Waals surface area contributed by atoms with Gasteiger partial charge in [0.05, 0.1) is 6.61 Å². The van der Waals surface area contributed by atoms with Gasteiger partial charge >= 0.3 is 6.03 Å². The largest absolute Gasteiger partial charge is 0.396 e. The molecular weight excluding hydrogens is 242 g/mol. The van der Waals surface area contributed by atoms with Gasteiger partial charge in [-0.25, -0.2) is 4.79 Å². The molecule has 19 heavy (non-hydrogen) atoms. The topological polar surface area (TPSA) is 64.6 Å². The number of hydrogen-bond donors (Lipinski definition) is 3. The maximum Gasteiger partial charge on any atom is 0.314 e. The van der Waals surface area contributed by atoms with Gasteiger partial charge in [0.15, 0.2) is 0 Å². The molecule has 0 aromatic rings. The first kappa shape index (κ1) is 14.6. The Morgan fingerprint density at radius 1 is 1.37 bits per heavy atom. The van der Waals surface area contributed by atoms with Crippen LogP contribution >= 0.6 is 0 Å². The maximum absolute atomic E-state index is 11.7. The number of likely N-dealkylation sites (tertiary alicyclic amines) is 1. The number of amides is 2. The van der Waals surface area contributed by atoms with Crippen molar-refractivity contribution in [1.29, 1.82) is 0 Å². The van der Waals surface area contributed by atoms with Crippen molar-refractivity contribution >= 4 is 6.03 Å². The van der Waals surface area contributed by atoms with E-state index in [1.807, 2.05) is 0 Å². The number of aliphatic hydroxyl groups is 1. The SMILES string of the molecule is CCN1CCCCC1CNC(=O)NCC1(CO)CC1. The van der Waals surface area contributed by atoms with Gasteiger partial charge in [-0.1, -0.05) is 13.3 Å². The van der Waals surface area contributed by atoms with Crippen molar-refractivity contribution in [1.82, 2.24) is 15.5 Å². The lowest BCUT2D eigenvalue weighted by atomic mass is 10.0. The summed E-state index contributed by atoms with van der Waals surface area (Å²) >= 11 is 0. The molecule has 1 saturated heterocycles. The fourth-order valence-corrected chi connectivity index (χ4v) is 2.82. The summed E-state index contributed by atoms with van der Waals surface area (Å²) in [4.78, 5) is 14.2. The Bertz CT molecular complexity index is 305. The summed E-state index contributed by atoms with van der Waals surface area (Å²) in [6.45, 7) is 5.89. The van der Waals surface area contributed by atoms with Crippen LogP contribution in [0.15, 0.2) is 0 Å². The minimum absolute atomic E-state index is 0.0162. The standard InChI is InChI=1S/C14H27N3O2/c1-2-17-8-4-3-5-12(17)9-15-13(19)16-10-14(11-18)6-7-14/h12,18H,2-11H2,1H3,(H2,15,16,19). The molecule has 2 rings (SSSR count). The quantitative estimate of drug-likeness (QED) is 0.672. The van der Waals surface area contributed by atoms with Crippen molar-refractivity contribution in [2.75, 3.05) is 32.8 Å². The van der Waals surface area contributed by atoms with Gasteiger partial charge in [0.1, 0.15) is 0 Å². The summed E-state index contributed by atoms with van der Waals surface area (Å²) in [5.41, 5.74) is -0.0162. The summed E-state index contributed by atoms with van der Waals surface area (Å²) in [7, 11) is 0. The summed E-state index contributed by atoms with van der Waals surface area (Å²) in [5, 5.41) is 15.0. The highest BCUT2D eigenvalue weighted by Gasteiger charge is 2.42. The first-order chi connectivity index (χ1) is 9.19. The van der Waals surface area contributed by atoms with Crippen LogP contribution in [0, 0.1) is 5.41 Å². The van der Waals surface area contributed by atoms with Gasteiger partial charge in [0.25, 0.3) is 0 Å².